The van der Waals surface area contributed by atoms with Crippen molar-refractivity contribution in [3.05, 3.63) is 23.3 Å². The second-order valence-electron chi connectivity index (χ2n) is 5.79. The minimum atomic E-state index is 0.466. The third kappa shape index (κ3) is 2.44. The molecular formula is C16H23NO2. The average Bonchev–Trinajstić information content (AvgIpc) is 2.46. The van der Waals surface area contributed by atoms with Crippen molar-refractivity contribution in [3.63, 3.8) is 0 Å². The first-order chi connectivity index (χ1) is 9.27. The van der Waals surface area contributed by atoms with E-state index >= 15 is 0 Å². The molecule has 1 aromatic rings. The molecule has 0 bridgehead atoms. The van der Waals surface area contributed by atoms with Crippen LogP contribution in [0.2, 0.25) is 0 Å². The number of rotatable bonds is 2. The van der Waals surface area contributed by atoms with Gasteiger partial charge < -0.3 is 14.8 Å². The predicted molar refractivity (Wildman–Crippen MR) is 76.4 cm³/mol. The zero-order valence-corrected chi connectivity index (χ0v) is 11.9. The Hall–Kier alpha value is -1.22. The molecule has 1 saturated heterocycles. The molecule has 2 aliphatic rings. The quantitative estimate of drug-likeness (QED) is 0.887. The van der Waals surface area contributed by atoms with Crippen LogP contribution in [0.4, 0.5) is 0 Å². The van der Waals surface area contributed by atoms with Gasteiger partial charge in [-0.1, -0.05) is 19.9 Å². The van der Waals surface area contributed by atoms with Gasteiger partial charge in [0.2, 0.25) is 0 Å². The summed E-state index contributed by atoms with van der Waals surface area (Å²) in [5.41, 5.74) is 2.80. The molecular weight excluding hydrogens is 238 g/mol. The molecule has 3 nitrogen and oxygen atoms in total. The summed E-state index contributed by atoms with van der Waals surface area (Å²) in [4.78, 5) is 0. The van der Waals surface area contributed by atoms with Crippen molar-refractivity contribution in [1.29, 1.82) is 0 Å². The predicted octanol–water partition coefficient (Wildman–Crippen LogP) is 3.05. The van der Waals surface area contributed by atoms with Crippen LogP contribution in [0.5, 0.6) is 11.5 Å². The number of benzene rings is 1. The summed E-state index contributed by atoms with van der Waals surface area (Å²) >= 11 is 0. The van der Waals surface area contributed by atoms with Gasteiger partial charge in [0.25, 0.3) is 0 Å². The molecule has 0 aromatic heterocycles. The maximum absolute atomic E-state index is 5.90. The lowest BCUT2D eigenvalue weighted by Crippen LogP contribution is -2.29. The maximum Gasteiger partial charge on any atom is 0.165 e. The van der Waals surface area contributed by atoms with E-state index in [1.165, 1.54) is 24.0 Å². The van der Waals surface area contributed by atoms with Gasteiger partial charge in [-0.2, -0.15) is 0 Å². The van der Waals surface area contributed by atoms with Crippen molar-refractivity contribution in [3.8, 4) is 11.5 Å². The molecule has 0 radical (unpaired) electrons. The number of hydrogen-bond acceptors (Lipinski definition) is 3. The van der Waals surface area contributed by atoms with E-state index in [9.17, 15) is 0 Å². The normalized spacial score (nSPS) is 22.6. The van der Waals surface area contributed by atoms with Crippen LogP contribution in [0.3, 0.4) is 0 Å². The Bertz CT molecular complexity index is 450. The number of piperidine rings is 1. The SMILES string of the molecule is CC(C)c1c(C2CCCNC2)ccc2c1OCCO2. The van der Waals surface area contributed by atoms with E-state index in [2.05, 4.69) is 31.3 Å². The Morgan fingerprint density at radius 3 is 2.79 bits per heavy atom. The van der Waals surface area contributed by atoms with Crippen molar-refractivity contribution in [2.24, 2.45) is 0 Å². The van der Waals surface area contributed by atoms with E-state index in [-0.39, 0.29) is 0 Å². The highest BCUT2D eigenvalue weighted by Gasteiger charge is 2.26. The van der Waals surface area contributed by atoms with Crippen LogP contribution in [0.15, 0.2) is 12.1 Å². The van der Waals surface area contributed by atoms with Crippen molar-refractivity contribution in [2.75, 3.05) is 26.3 Å². The molecule has 19 heavy (non-hydrogen) atoms. The van der Waals surface area contributed by atoms with Crippen LogP contribution in [-0.4, -0.2) is 26.3 Å². The average molecular weight is 261 g/mol. The molecule has 0 saturated carbocycles. The lowest BCUT2D eigenvalue weighted by atomic mass is 9.84. The molecule has 0 aliphatic carbocycles. The standard InChI is InChI=1S/C16H23NO2/c1-11(2)15-13(12-4-3-7-17-10-12)5-6-14-16(15)19-9-8-18-14/h5-6,11-12,17H,3-4,7-10H2,1-2H3. The highest BCUT2D eigenvalue weighted by molar-refractivity contribution is 5.54. The second kappa shape index (κ2) is 5.41. The van der Waals surface area contributed by atoms with Gasteiger partial charge in [0.1, 0.15) is 13.2 Å². The third-order valence-corrected chi connectivity index (χ3v) is 4.10. The number of nitrogens with one attached hydrogen (secondary N) is 1. The van der Waals surface area contributed by atoms with Gasteiger partial charge in [-0.05, 0) is 42.9 Å². The molecule has 1 N–H and O–H groups in total. The van der Waals surface area contributed by atoms with Crippen LogP contribution in [0, 0.1) is 0 Å². The van der Waals surface area contributed by atoms with E-state index in [0.717, 1.165) is 24.6 Å². The van der Waals surface area contributed by atoms with E-state index < -0.39 is 0 Å². The molecule has 3 rings (SSSR count). The Kier molecular flexibility index (Phi) is 3.65. The molecule has 2 heterocycles. The van der Waals surface area contributed by atoms with Crippen LogP contribution >= 0.6 is 0 Å². The Balaban J connectivity index is 2.03. The highest BCUT2D eigenvalue weighted by atomic mass is 16.6. The molecule has 2 aliphatic heterocycles. The van der Waals surface area contributed by atoms with Gasteiger partial charge in [0.05, 0.1) is 0 Å². The molecule has 1 atom stereocenters. The fourth-order valence-electron chi connectivity index (χ4n) is 3.22. The summed E-state index contributed by atoms with van der Waals surface area (Å²) in [6, 6.07) is 4.34. The Morgan fingerprint density at radius 2 is 2.05 bits per heavy atom. The molecule has 104 valence electrons. The number of ether oxygens (including phenoxy) is 2. The summed E-state index contributed by atoms with van der Waals surface area (Å²) in [5, 5.41) is 3.51. The summed E-state index contributed by atoms with van der Waals surface area (Å²) in [6.07, 6.45) is 2.53. The molecule has 1 unspecified atom stereocenters. The van der Waals surface area contributed by atoms with Gasteiger partial charge in [-0.3, -0.25) is 0 Å². The van der Waals surface area contributed by atoms with Crippen molar-refractivity contribution >= 4 is 0 Å². The minimum Gasteiger partial charge on any atom is -0.486 e. The first kappa shape index (κ1) is 12.8. The van der Waals surface area contributed by atoms with Crippen molar-refractivity contribution in [1.82, 2.24) is 5.32 Å². The van der Waals surface area contributed by atoms with Gasteiger partial charge in [-0.25, -0.2) is 0 Å². The number of hydrogen-bond donors (Lipinski definition) is 1. The first-order valence-corrected chi connectivity index (χ1v) is 7.40. The lowest BCUT2D eigenvalue weighted by Gasteiger charge is -2.30. The van der Waals surface area contributed by atoms with Crippen molar-refractivity contribution in [2.45, 2.75) is 38.5 Å². The van der Waals surface area contributed by atoms with Crippen LogP contribution < -0.4 is 14.8 Å². The maximum atomic E-state index is 5.90. The van der Waals surface area contributed by atoms with Crippen LogP contribution in [0.25, 0.3) is 0 Å². The summed E-state index contributed by atoms with van der Waals surface area (Å²) in [6.45, 7) is 8.05. The van der Waals surface area contributed by atoms with E-state index in [0.29, 0.717) is 25.0 Å². The van der Waals surface area contributed by atoms with Gasteiger partial charge >= 0.3 is 0 Å². The molecule has 0 spiro atoms. The van der Waals surface area contributed by atoms with Crippen LogP contribution in [-0.2, 0) is 0 Å². The zero-order valence-electron chi connectivity index (χ0n) is 11.9. The molecule has 1 fully saturated rings. The molecule has 1 aromatic carbocycles. The fraction of sp³-hybridized carbons (Fsp3) is 0.625. The van der Waals surface area contributed by atoms with Gasteiger partial charge in [0.15, 0.2) is 11.5 Å². The topological polar surface area (TPSA) is 30.5 Å². The lowest BCUT2D eigenvalue weighted by molar-refractivity contribution is 0.169. The van der Waals surface area contributed by atoms with E-state index in [1.54, 1.807) is 0 Å². The largest absolute Gasteiger partial charge is 0.486 e. The molecule has 0 amide bonds. The van der Waals surface area contributed by atoms with Gasteiger partial charge in [-0.15, -0.1) is 0 Å². The van der Waals surface area contributed by atoms with Crippen LogP contribution in [0.1, 0.15) is 49.7 Å². The highest BCUT2D eigenvalue weighted by Crippen LogP contribution is 2.43. The minimum absolute atomic E-state index is 0.466. The first-order valence-electron chi connectivity index (χ1n) is 7.40. The molecule has 3 heteroatoms. The van der Waals surface area contributed by atoms with Gasteiger partial charge in [0, 0.05) is 12.1 Å². The van der Waals surface area contributed by atoms with Crippen molar-refractivity contribution < 1.29 is 9.47 Å². The zero-order chi connectivity index (χ0) is 13.2. The second-order valence-corrected chi connectivity index (χ2v) is 5.79. The Labute approximate surface area is 115 Å². The number of fused-ring (bicyclic) bond motifs is 1. The Morgan fingerprint density at radius 1 is 1.21 bits per heavy atom. The summed E-state index contributed by atoms with van der Waals surface area (Å²) in [5.74, 6) is 2.99. The monoisotopic (exact) mass is 261 g/mol. The smallest absolute Gasteiger partial charge is 0.165 e. The van der Waals surface area contributed by atoms with E-state index in [1.807, 2.05) is 0 Å². The van der Waals surface area contributed by atoms with E-state index in [4.69, 9.17) is 9.47 Å². The summed E-state index contributed by atoms with van der Waals surface area (Å²) < 4.78 is 11.6. The summed E-state index contributed by atoms with van der Waals surface area (Å²) in [7, 11) is 0. The third-order valence-electron chi connectivity index (χ3n) is 4.10. The fourth-order valence-corrected chi connectivity index (χ4v) is 3.22.